The fourth-order valence-electron chi connectivity index (χ4n) is 3.19. The van der Waals surface area contributed by atoms with Crippen LogP contribution in [0, 0.1) is 6.92 Å². The van der Waals surface area contributed by atoms with Crippen LogP contribution in [-0.4, -0.2) is 22.2 Å². The topological polar surface area (TPSA) is 35.9 Å². The molecule has 1 heterocycles. The smallest absolute Gasteiger partial charge is 0.277 e. The summed E-state index contributed by atoms with van der Waals surface area (Å²) in [6.45, 7) is 2.03. The van der Waals surface area contributed by atoms with Gasteiger partial charge in [0.2, 0.25) is 5.11 Å². The van der Waals surface area contributed by atoms with Crippen LogP contribution < -0.4 is 4.90 Å². The van der Waals surface area contributed by atoms with Gasteiger partial charge in [-0.05, 0) is 42.4 Å². The van der Waals surface area contributed by atoms with Gasteiger partial charge in [-0.25, -0.2) is 0 Å². The van der Waals surface area contributed by atoms with Crippen LogP contribution in [0.15, 0.2) is 90.0 Å². The van der Waals surface area contributed by atoms with Crippen molar-refractivity contribution in [2.24, 2.45) is 5.10 Å². The quantitative estimate of drug-likeness (QED) is 0.482. The number of benzene rings is 3. The van der Waals surface area contributed by atoms with Gasteiger partial charge in [0.15, 0.2) is 0 Å². The lowest BCUT2D eigenvalue weighted by Gasteiger charge is -2.23. The number of nitrogens with zero attached hydrogens (tertiary/aromatic N) is 3. The third-order valence-corrected chi connectivity index (χ3v) is 5.01. The van der Waals surface area contributed by atoms with E-state index in [1.165, 1.54) is 5.01 Å². The summed E-state index contributed by atoms with van der Waals surface area (Å²) in [5.41, 5.74) is 3.81. The fraction of sp³-hybridized carbons (Fsp3) is 0.0870. The van der Waals surface area contributed by atoms with Crippen LogP contribution in [0.4, 0.5) is 5.69 Å². The molecule has 1 aliphatic heterocycles. The molecule has 3 aromatic rings. The zero-order valence-corrected chi connectivity index (χ0v) is 16.2. The molecule has 5 heteroatoms. The minimum atomic E-state index is -0.538. The van der Waals surface area contributed by atoms with Crippen LogP contribution in [0.3, 0.4) is 0 Å². The second-order valence-corrected chi connectivity index (χ2v) is 6.97. The van der Waals surface area contributed by atoms with E-state index in [1.807, 2.05) is 96.8 Å². The Morgan fingerprint density at radius 1 is 0.893 bits per heavy atom. The number of amides is 1. The molecule has 1 saturated heterocycles. The number of hydrogen-bond donors (Lipinski definition) is 0. The van der Waals surface area contributed by atoms with E-state index < -0.39 is 6.04 Å². The predicted octanol–water partition coefficient (Wildman–Crippen LogP) is 4.70. The Morgan fingerprint density at radius 2 is 1.50 bits per heavy atom. The fourth-order valence-corrected chi connectivity index (χ4v) is 3.54. The lowest BCUT2D eigenvalue weighted by molar-refractivity contribution is -0.126. The van der Waals surface area contributed by atoms with Gasteiger partial charge in [0.1, 0.15) is 6.04 Å². The highest BCUT2D eigenvalue weighted by molar-refractivity contribution is 7.80. The molecule has 138 valence electrons. The van der Waals surface area contributed by atoms with Gasteiger partial charge in [0.05, 0.1) is 6.21 Å². The molecule has 1 atom stereocenters. The zero-order valence-electron chi connectivity index (χ0n) is 15.4. The van der Waals surface area contributed by atoms with E-state index in [2.05, 4.69) is 5.10 Å². The van der Waals surface area contributed by atoms with Gasteiger partial charge in [-0.15, -0.1) is 0 Å². The molecule has 1 fully saturated rings. The van der Waals surface area contributed by atoms with Crippen molar-refractivity contribution in [3.63, 3.8) is 0 Å². The largest absolute Gasteiger partial charge is 0.300 e. The Bertz CT molecular complexity index is 1020. The Kier molecular flexibility index (Phi) is 5.00. The van der Waals surface area contributed by atoms with Gasteiger partial charge in [0, 0.05) is 5.69 Å². The van der Waals surface area contributed by atoms with Gasteiger partial charge in [-0.2, -0.15) is 10.1 Å². The van der Waals surface area contributed by atoms with Crippen molar-refractivity contribution < 1.29 is 4.79 Å². The maximum Gasteiger partial charge on any atom is 0.277 e. The molecule has 0 N–H and O–H groups in total. The molecule has 0 spiro atoms. The monoisotopic (exact) mass is 385 g/mol. The van der Waals surface area contributed by atoms with E-state index in [0.717, 1.165) is 22.4 Å². The summed E-state index contributed by atoms with van der Waals surface area (Å²) in [7, 11) is 0. The Morgan fingerprint density at radius 3 is 2.14 bits per heavy atom. The second-order valence-electron chi connectivity index (χ2n) is 6.61. The van der Waals surface area contributed by atoms with E-state index >= 15 is 0 Å². The van der Waals surface area contributed by atoms with E-state index in [9.17, 15) is 4.79 Å². The first-order valence-electron chi connectivity index (χ1n) is 9.03. The Balaban J connectivity index is 1.74. The first kappa shape index (κ1) is 18.1. The zero-order chi connectivity index (χ0) is 19.5. The molecule has 1 unspecified atom stereocenters. The van der Waals surface area contributed by atoms with E-state index in [0.29, 0.717) is 5.11 Å². The molecule has 4 rings (SSSR count). The Hall–Kier alpha value is -3.31. The summed E-state index contributed by atoms with van der Waals surface area (Å²) in [6, 6.07) is 26.8. The van der Waals surface area contributed by atoms with Crippen molar-refractivity contribution in [1.82, 2.24) is 5.01 Å². The summed E-state index contributed by atoms with van der Waals surface area (Å²) in [6.07, 6.45) is 1.66. The highest BCUT2D eigenvalue weighted by Crippen LogP contribution is 2.36. The third kappa shape index (κ3) is 3.44. The predicted molar refractivity (Wildman–Crippen MR) is 116 cm³/mol. The molecule has 0 saturated carbocycles. The average molecular weight is 385 g/mol. The normalized spacial score (nSPS) is 17.0. The van der Waals surface area contributed by atoms with Crippen molar-refractivity contribution >= 4 is 35.1 Å². The summed E-state index contributed by atoms with van der Waals surface area (Å²) >= 11 is 5.66. The molecule has 28 heavy (non-hydrogen) atoms. The summed E-state index contributed by atoms with van der Waals surface area (Å²) in [5, 5.41) is 6.09. The Labute approximate surface area is 169 Å². The average Bonchev–Trinajstić information content (AvgIpc) is 2.98. The van der Waals surface area contributed by atoms with Crippen LogP contribution >= 0.6 is 12.2 Å². The molecule has 1 aliphatic rings. The molecular formula is C23H19N3OS. The minimum Gasteiger partial charge on any atom is -0.300 e. The third-order valence-electron chi connectivity index (χ3n) is 4.64. The van der Waals surface area contributed by atoms with E-state index in [1.54, 1.807) is 6.21 Å². The van der Waals surface area contributed by atoms with Gasteiger partial charge in [-0.1, -0.05) is 78.4 Å². The molecule has 1 amide bonds. The highest BCUT2D eigenvalue weighted by Gasteiger charge is 2.44. The standard InChI is InChI=1S/C23H19N3OS/c1-17-12-14-20(15-13-17)25-21(19-10-6-3-7-11-19)22(27)26(23(25)28)24-16-18-8-4-2-5-9-18/h2-16,21H,1H3. The van der Waals surface area contributed by atoms with Gasteiger partial charge < -0.3 is 4.90 Å². The SMILES string of the molecule is Cc1ccc(N2C(=S)N(N=Cc3ccccc3)C(=O)C2c2ccccc2)cc1. The maximum absolute atomic E-state index is 13.3. The molecule has 3 aromatic carbocycles. The van der Waals surface area contributed by atoms with Crippen molar-refractivity contribution in [3.05, 3.63) is 102 Å². The number of rotatable bonds is 4. The summed E-state index contributed by atoms with van der Waals surface area (Å²) < 4.78 is 0. The first-order valence-corrected chi connectivity index (χ1v) is 9.44. The van der Waals surface area contributed by atoms with Crippen LogP contribution in [0.25, 0.3) is 0 Å². The van der Waals surface area contributed by atoms with Gasteiger partial charge in [0.25, 0.3) is 5.91 Å². The maximum atomic E-state index is 13.3. The molecule has 0 aromatic heterocycles. The number of thiocarbonyl (C=S) groups is 1. The van der Waals surface area contributed by atoms with Crippen LogP contribution in [0.1, 0.15) is 22.7 Å². The number of anilines is 1. The molecular weight excluding hydrogens is 366 g/mol. The summed E-state index contributed by atoms with van der Waals surface area (Å²) in [4.78, 5) is 15.1. The lowest BCUT2D eigenvalue weighted by atomic mass is 10.1. The van der Waals surface area contributed by atoms with Crippen LogP contribution in [-0.2, 0) is 4.79 Å². The van der Waals surface area contributed by atoms with E-state index in [4.69, 9.17) is 12.2 Å². The number of hydrogen-bond acceptors (Lipinski definition) is 3. The van der Waals surface area contributed by atoms with Gasteiger partial charge in [-0.3, -0.25) is 4.79 Å². The molecule has 0 radical (unpaired) electrons. The lowest BCUT2D eigenvalue weighted by Crippen LogP contribution is -2.30. The number of aryl methyl sites for hydroxylation is 1. The van der Waals surface area contributed by atoms with E-state index in [-0.39, 0.29) is 5.91 Å². The number of carbonyl (C=O) groups excluding carboxylic acids is 1. The van der Waals surface area contributed by atoms with Crippen LogP contribution in [0.5, 0.6) is 0 Å². The van der Waals surface area contributed by atoms with Crippen LogP contribution in [0.2, 0.25) is 0 Å². The van der Waals surface area contributed by atoms with Crippen molar-refractivity contribution in [3.8, 4) is 0 Å². The van der Waals surface area contributed by atoms with Gasteiger partial charge >= 0.3 is 0 Å². The number of carbonyl (C=O) groups is 1. The molecule has 4 nitrogen and oxygen atoms in total. The molecule has 0 aliphatic carbocycles. The minimum absolute atomic E-state index is 0.163. The second kappa shape index (κ2) is 7.74. The highest BCUT2D eigenvalue weighted by atomic mass is 32.1. The number of hydrazone groups is 1. The molecule has 0 bridgehead atoms. The first-order chi connectivity index (χ1) is 13.6. The summed E-state index contributed by atoms with van der Waals surface area (Å²) in [5.74, 6) is -0.163. The van der Waals surface area contributed by atoms with Crippen molar-refractivity contribution in [1.29, 1.82) is 0 Å². The van der Waals surface area contributed by atoms with Crippen molar-refractivity contribution in [2.75, 3.05) is 4.90 Å². The van der Waals surface area contributed by atoms with Crippen molar-refractivity contribution in [2.45, 2.75) is 13.0 Å².